The van der Waals surface area contributed by atoms with E-state index < -0.39 is 0 Å². The van der Waals surface area contributed by atoms with Crippen LogP contribution in [0.3, 0.4) is 0 Å². The van der Waals surface area contributed by atoms with Crippen molar-refractivity contribution < 1.29 is 18.3 Å². The van der Waals surface area contributed by atoms with Crippen molar-refractivity contribution >= 4 is 5.91 Å². The SMILES string of the molecule is COCCN(Cc1ccco1)C(=O)CCc1ccccc1F. The van der Waals surface area contributed by atoms with Crippen LogP contribution in [-0.4, -0.2) is 31.1 Å². The van der Waals surface area contributed by atoms with Crippen LogP contribution in [0.4, 0.5) is 4.39 Å². The lowest BCUT2D eigenvalue weighted by atomic mass is 10.1. The minimum Gasteiger partial charge on any atom is -0.467 e. The Labute approximate surface area is 129 Å². The first kappa shape index (κ1) is 16.2. The van der Waals surface area contributed by atoms with Crippen molar-refractivity contribution in [3.63, 3.8) is 0 Å². The summed E-state index contributed by atoms with van der Waals surface area (Å²) in [6.07, 6.45) is 2.21. The molecule has 0 unspecified atom stereocenters. The van der Waals surface area contributed by atoms with E-state index in [1.807, 2.05) is 6.07 Å². The molecule has 0 radical (unpaired) electrons. The number of nitrogens with zero attached hydrogens (tertiary/aromatic N) is 1. The number of ether oxygens (including phenoxy) is 1. The van der Waals surface area contributed by atoms with Gasteiger partial charge in [-0.2, -0.15) is 0 Å². The molecular weight excluding hydrogens is 285 g/mol. The molecule has 0 bridgehead atoms. The summed E-state index contributed by atoms with van der Waals surface area (Å²) < 4.78 is 23.9. The van der Waals surface area contributed by atoms with Crippen LogP contribution in [0.2, 0.25) is 0 Å². The van der Waals surface area contributed by atoms with E-state index in [0.29, 0.717) is 31.7 Å². The van der Waals surface area contributed by atoms with Crippen LogP contribution < -0.4 is 0 Å². The van der Waals surface area contributed by atoms with E-state index in [1.54, 1.807) is 42.5 Å². The van der Waals surface area contributed by atoms with Crippen LogP contribution >= 0.6 is 0 Å². The highest BCUT2D eigenvalue weighted by Crippen LogP contribution is 2.12. The Bertz CT molecular complexity index is 583. The number of hydrogen-bond acceptors (Lipinski definition) is 3. The van der Waals surface area contributed by atoms with E-state index in [4.69, 9.17) is 9.15 Å². The lowest BCUT2D eigenvalue weighted by Gasteiger charge is -2.21. The van der Waals surface area contributed by atoms with Gasteiger partial charge in [0.1, 0.15) is 11.6 Å². The van der Waals surface area contributed by atoms with Crippen LogP contribution in [0.25, 0.3) is 0 Å². The van der Waals surface area contributed by atoms with Crippen molar-refractivity contribution in [3.8, 4) is 0 Å². The van der Waals surface area contributed by atoms with Gasteiger partial charge in [0.2, 0.25) is 5.91 Å². The second kappa shape index (κ2) is 8.34. The third-order valence-corrected chi connectivity index (χ3v) is 3.41. The maximum absolute atomic E-state index is 13.6. The summed E-state index contributed by atoms with van der Waals surface area (Å²) in [7, 11) is 1.59. The first-order valence-electron chi connectivity index (χ1n) is 7.23. The van der Waals surface area contributed by atoms with E-state index in [0.717, 1.165) is 5.76 Å². The minimum atomic E-state index is -0.273. The zero-order valence-electron chi connectivity index (χ0n) is 12.6. The number of halogens is 1. The van der Waals surface area contributed by atoms with Crippen molar-refractivity contribution in [1.29, 1.82) is 0 Å². The molecule has 1 aromatic heterocycles. The fourth-order valence-electron chi connectivity index (χ4n) is 2.18. The molecule has 0 atom stereocenters. The van der Waals surface area contributed by atoms with Crippen LogP contribution in [-0.2, 0) is 22.5 Å². The number of carbonyl (C=O) groups is 1. The molecular formula is C17H20FNO3. The molecule has 2 rings (SSSR count). The third kappa shape index (κ3) is 4.70. The predicted molar refractivity (Wildman–Crippen MR) is 80.7 cm³/mol. The van der Waals surface area contributed by atoms with Gasteiger partial charge >= 0.3 is 0 Å². The third-order valence-electron chi connectivity index (χ3n) is 3.41. The predicted octanol–water partition coefficient (Wildman–Crippen LogP) is 3.03. The van der Waals surface area contributed by atoms with Crippen molar-refractivity contribution in [1.82, 2.24) is 4.90 Å². The number of carbonyl (C=O) groups excluding carboxylic acids is 1. The molecule has 5 heteroatoms. The van der Waals surface area contributed by atoms with Crippen LogP contribution in [0.15, 0.2) is 47.1 Å². The van der Waals surface area contributed by atoms with E-state index in [1.165, 1.54) is 6.07 Å². The number of rotatable bonds is 8. The molecule has 1 amide bonds. The van der Waals surface area contributed by atoms with Gasteiger partial charge in [0.05, 0.1) is 19.4 Å². The van der Waals surface area contributed by atoms with Gasteiger partial charge in [0.25, 0.3) is 0 Å². The summed E-state index contributed by atoms with van der Waals surface area (Å²) in [6, 6.07) is 10.1. The molecule has 0 aliphatic heterocycles. The largest absolute Gasteiger partial charge is 0.467 e. The number of amides is 1. The number of methoxy groups -OCH3 is 1. The summed E-state index contributed by atoms with van der Waals surface area (Å²) in [5.74, 6) is 0.400. The first-order chi connectivity index (χ1) is 10.7. The van der Waals surface area contributed by atoms with Gasteiger partial charge in [-0.3, -0.25) is 4.79 Å². The van der Waals surface area contributed by atoms with E-state index >= 15 is 0 Å². The summed E-state index contributed by atoms with van der Waals surface area (Å²) in [4.78, 5) is 14.0. The van der Waals surface area contributed by atoms with Crippen LogP contribution in [0.1, 0.15) is 17.7 Å². The lowest BCUT2D eigenvalue weighted by molar-refractivity contribution is -0.132. The van der Waals surface area contributed by atoms with Gasteiger partial charge in [0.15, 0.2) is 0 Å². The molecule has 0 fully saturated rings. The molecule has 0 saturated heterocycles. The highest BCUT2D eigenvalue weighted by atomic mass is 19.1. The maximum Gasteiger partial charge on any atom is 0.223 e. The highest BCUT2D eigenvalue weighted by Gasteiger charge is 2.15. The number of hydrogen-bond donors (Lipinski definition) is 0. The Morgan fingerprint density at radius 3 is 2.77 bits per heavy atom. The Hall–Kier alpha value is -2.14. The van der Waals surface area contributed by atoms with Gasteiger partial charge < -0.3 is 14.1 Å². The van der Waals surface area contributed by atoms with Crippen molar-refractivity contribution in [3.05, 3.63) is 59.8 Å². The van der Waals surface area contributed by atoms with E-state index in [9.17, 15) is 9.18 Å². The number of furan rings is 1. The Morgan fingerprint density at radius 1 is 1.27 bits per heavy atom. The van der Waals surface area contributed by atoms with E-state index in [2.05, 4.69) is 0 Å². The first-order valence-corrected chi connectivity index (χ1v) is 7.23. The Morgan fingerprint density at radius 2 is 2.09 bits per heavy atom. The molecule has 118 valence electrons. The molecule has 22 heavy (non-hydrogen) atoms. The van der Waals surface area contributed by atoms with Crippen molar-refractivity contribution in [2.24, 2.45) is 0 Å². The minimum absolute atomic E-state index is 0.0447. The van der Waals surface area contributed by atoms with E-state index in [-0.39, 0.29) is 18.1 Å². The van der Waals surface area contributed by atoms with Gasteiger partial charge in [0, 0.05) is 20.1 Å². The average molecular weight is 305 g/mol. The average Bonchev–Trinajstić information content (AvgIpc) is 3.03. The van der Waals surface area contributed by atoms with Crippen molar-refractivity contribution in [2.45, 2.75) is 19.4 Å². The van der Waals surface area contributed by atoms with Gasteiger partial charge in [-0.1, -0.05) is 18.2 Å². The monoisotopic (exact) mass is 305 g/mol. The molecule has 2 aromatic rings. The molecule has 0 spiro atoms. The standard InChI is InChI=1S/C17H20FNO3/c1-21-12-10-19(13-15-6-4-11-22-15)17(20)9-8-14-5-2-3-7-16(14)18/h2-7,11H,8-10,12-13H2,1H3. The van der Waals surface area contributed by atoms with Crippen LogP contribution in [0, 0.1) is 5.82 Å². The zero-order chi connectivity index (χ0) is 15.8. The number of benzene rings is 1. The summed E-state index contributed by atoms with van der Waals surface area (Å²) in [6.45, 7) is 1.33. The zero-order valence-corrected chi connectivity index (χ0v) is 12.6. The fraction of sp³-hybridized carbons (Fsp3) is 0.353. The Kier molecular flexibility index (Phi) is 6.15. The smallest absolute Gasteiger partial charge is 0.223 e. The maximum atomic E-state index is 13.6. The molecule has 1 heterocycles. The summed E-state index contributed by atoms with van der Waals surface area (Å²) >= 11 is 0. The summed E-state index contributed by atoms with van der Waals surface area (Å²) in [5.41, 5.74) is 0.556. The molecule has 0 aliphatic rings. The van der Waals surface area contributed by atoms with Gasteiger partial charge in [-0.25, -0.2) is 4.39 Å². The molecule has 1 aromatic carbocycles. The molecule has 4 nitrogen and oxygen atoms in total. The summed E-state index contributed by atoms with van der Waals surface area (Å²) in [5, 5.41) is 0. The normalized spacial score (nSPS) is 10.6. The molecule has 0 N–H and O–H groups in total. The molecule has 0 saturated carbocycles. The molecule has 0 aliphatic carbocycles. The van der Waals surface area contributed by atoms with Crippen LogP contribution in [0.5, 0.6) is 0 Å². The highest BCUT2D eigenvalue weighted by molar-refractivity contribution is 5.76. The second-order valence-corrected chi connectivity index (χ2v) is 4.98. The quantitative estimate of drug-likeness (QED) is 0.753. The van der Waals surface area contributed by atoms with Gasteiger partial charge in [-0.15, -0.1) is 0 Å². The number of aryl methyl sites for hydroxylation is 1. The topological polar surface area (TPSA) is 42.7 Å². The van der Waals surface area contributed by atoms with Crippen molar-refractivity contribution in [2.75, 3.05) is 20.3 Å². The van der Waals surface area contributed by atoms with Gasteiger partial charge in [-0.05, 0) is 30.2 Å². The second-order valence-electron chi connectivity index (χ2n) is 4.98. The fourth-order valence-corrected chi connectivity index (χ4v) is 2.18. The lowest BCUT2D eigenvalue weighted by Crippen LogP contribution is -2.33. The Balaban J connectivity index is 1.94.